The number of phenolic OH excluding ortho intramolecular Hbond substituents is 1. The number of aromatic hydroxyl groups is 1. The molecule has 0 aliphatic carbocycles. The van der Waals surface area contributed by atoms with E-state index in [1.165, 1.54) is 0 Å². The predicted molar refractivity (Wildman–Crippen MR) is 91.9 cm³/mol. The summed E-state index contributed by atoms with van der Waals surface area (Å²) >= 11 is 3.50. The molecule has 0 amide bonds. The van der Waals surface area contributed by atoms with Crippen molar-refractivity contribution >= 4 is 21.6 Å². The van der Waals surface area contributed by atoms with Gasteiger partial charge in [0.25, 0.3) is 0 Å². The minimum absolute atomic E-state index is 0.252. The Labute approximate surface area is 139 Å². The lowest BCUT2D eigenvalue weighted by Crippen LogP contribution is -2.06. The molecule has 5 heteroatoms. The molecule has 0 heterocycles. The van der Waals surface area contributed by atoms with Crippen LogP contribution in [0.5, 0.6) is 17.2 Å². The third-order valence-corrected chi connectivity index (χ3v) is 3.58. The van der Waals surface area contributed by atoms with E-state index in [0.717, 1.165) is 27.9 Å². The van der Waals surface area contributed by atoms with Crippen LogP contribution in [0.15, 0.2) is 40.9 Å². The van der Waals surface area contributed by atoms with E-state index in [4.69, 9.17) is 9.47 Å². The van der Waals surface area contributed by atoms with Crippen molar-refractivity contribution in [3.05, 3.63) is 46.4 Å². The zero-order valence-corrected chi connectivity index (χ0v) is 14.3. The topological polar surface area (TPSA) is 50.7 Å². The maximum absolute atomic E-state index is 9.32. The van der Waals surface area contributed by atoms with Crippen molar-refractivity contribution in [1.29, 1.82) is 0 Å². The first-order chi connectivity index (χ1) is 10.6. The molecule has 22 heavy (non-hydrogen) atoms. The van der Waals surface area contributed by atoms with E-state index in [1.807, 2.05) is 24.3 Å². The first-order valence-corrected chi connectivity index (χ1v) is 7.95. The summed E-state index contributed by atoms with van der Waals surface area (Å²) in [5.74, 6) is 1.73. The second-order valence-corrected chi connectivity index (χ2v) is 5.76. The molecule has 0 radical (unpaired) electrons. The van der Waals surface area contributed by atoms with Gasteiger partial charge in [0, 0.05) is 22.3 Å². The molecule has 0 unspecified atom stereocenters. The number of benzene rings is 2. The quantitative estimate of drug-likeness (QED) is 0.705. The fraction of sp³-hybridized carbons (Fsp3) is 0.294. The number of phenols is 1. The van der Waals surface area contributed by atoms with Crippen LogP contribution in [0.4, 0.5) is 5.69 Å². The average molecular weight is 366 g/mol. The summed E-state index contributed by atoms with van der Waals surface area (Å²) in [6.45, 7) is 3.31. The van der Waals surface area contributed by atoms with Crippen LogP contribution in [0.1, 0.15) is 18.9 Å². The first kappa shape index (κ1) is 16.5. The summed E-state index contributed by atoms with van der Waals surface area (Å²) in [6.07, 6.45) is 0.935. The molecule has 0 aromatic heterocycles. The van der Waals surface area contributed by atoms with Crippen LogP contribution >= 0.6 is 15.9 Å². The largest absolute Gasteiger partial charge is 0.508 e. The third-order valence-electron chi connectivity index (χ3n) is 3.12. The molecule has 0 saturated heterocycles. The molecule has 2 rings (SSSR count). The highest BCUT2D eigenvalue weighted by atomic mass is 79.9. The second kappa shape index (κ2) is 7.94. The lowest BCUT2D eigenvalue weighted by Gasteiger charge is -2.16. The molecule has 0 atom stereocenters. The van der Waals surface area contributed by atoms with Crippen molar-refractivity contribution in [3.8, 4) is 17.2 Å². The molecular weight excluding hydrogens is 346 g/mol. The lowest BCUT2D eigenvalue weighted by atomic mass is 10.1. The molecule has 2 aromatic carbocycles. The van der Waals surface area contributed by atoms with Crippen molar-refractivity contribution < 1.29 is 14.6 Å². The van der Waals surface area contributed by atoms with Gasteiger partial charge in [-0.25, -0.2) is 0 Å². The number of ether oxygens (including phenoxy) is 2. The van der Waals surface area contributed by atoms with E-state index >= 15 is 0 Å². The molecule has 0 bridgehead atoms. The van der Waals surface area contributed by atoms with Crippen LogP contribution in [-0.2, 0) is 6.54 Å². The summed E-state index contributed by atoms with van der Waals surface area (Å²) in [7, 11) is 1.64. The van der Waals surface area contributed by atoms with E-state index in [0.29, 0.717) is 18.9 Å². The number of methoxy groups -OCH3 is 1. The SMILES string of the molecule is CCCOc1c(CNc2ccc(O)cc2)cc(Br)cc1OC. The Morgan fingerprint density at radius 2 is 1.91 bits per heavy atom. The fourth-order valence-electron chi connectivity index (χ4n) is 2.05. The maximum atomic E-state index is 9.32. The highest BCUT2D eigenvalue weighted by molar-refractivity contribution is 9.10. The molecule has 118 valence electrons. The summed E-state index contributed by atoms with van der Waals surface area (Å²) in [5.41, 5.74) is 1.94. The van der Waals surface area contributed by atoms with E-state index in [9.17, 15) is 5.11 Å². The van der Waals surface area contributed by atoms with Crippen LogP contribution < -0.4 is 14.8 Å². The first-order valence-electron chi connectivity index (χ1n) is 7.16. The number of halogens is 1. The summed E-state index contributed by atoms with van der Waals surface area (Å²) in [6, 6.07) is 10.9. The van der Waals surface area contributed by atoms with Crippen molar-refractivity contribution in [3.63, 3.8) is 0 Å². The molecule has 2 N–H and O–H groups in total. The molecule has 0 fully saturated rings. The van der Waals surface area contributed by atoms with Crippen molar-refractivity contribution in [1.82, 2.24) is 0 Å². The van der Waals surface area contributed by atoms with E-state index in [1.54, 1.807) is 19.2 Å². The van der Waals surface area contributed by atoms with Gasteiger partial charge in [-0.15, -0.1) is 0 Å². The van der Waals surface area contributed by atoms with Crippen LogP contribution in [0.2, 0.25) is 0 Å². The van der Waals surface area contributed by atoms with Gasteiger partial charge in [-0.05, 0) is 42.8 Å². The molecule has 0 aliphatic rings. The normalized spacial score (nSPS) is 10.3. The Morgan fingerprint density at radius 3 is 2.55 bits per heavy atom. The van der Waals surface area contributed by atoms with Crippen molar-refractivity contribution in [2.45, 2.75) is 19.9 Å². The predicted octanol–water partition coefficient (Wildman–Crippen LogP) is 4.56. The van der Waals surface area contributed by atoms with Crippen LogP contribution in [0.3, 0.4) is 0 Å². The minimum atomic E-state index is 0.252. The zero-order valence-electron chi connectivity index (χ0n) is 12.7. The van der Waals surface area contributed by atoms with Crippen molar-refractivity contribution in [2.75, 3.05) is 19.0 Å². The summed E-state index contributed by atoms with van der Waals surface area (Å²) in [4.78, 5) is 0. The van der Waals surface area contributed by atoms with Crippen LogP contribution in [0.25, 0.3) is 0 Å². The van der Waals surface area contributed by atoms with Gasteiger partial charge in [0.2, 0.25) is 0 Å². The highest BCUT2D eigenvalue weighted by Gasteiger charge is 2.12. The van der Waals surface area contributed by atoms with E-state index in [-0.39, 0.29) is 5.75 Å². The molecule has 4 nitrogen and oxygen atoms in total. The Bertz CT molecular complexity index is 614. The Hall–Kier alpha value is -1.88. The number of anilines is 1. The van der Waals surface area contributed by atoms with Gasteiger partial charge in [-0.1, -0.05) is 22.9 Å². The van der Waals surface area contributed by atoms with E-state index < -0.39 is 0 Å². The summed E-state index contributed by atoms with van der Waals surface area (Å²) < 4.78 is 12.2. The monoisotopic (exact) mass is 365 g/mol. The highest BCUT2D eigenvalue weighted by Crippen LogP contribution is 2.35. The van der Waals surface area contributed by atoms with Gasteiger partial charge in [0.1, 0.15) is 5.75 Å². The Balaban J connectivity index is 2.20. The second-order valence-electron chi connectivity index (χ2n) is 4.85. The number of hydrogen-bond donors (Lipinski definition) is 2. The Morgan fingerprint density at radius 1 is 1.18 bits per heavy atom. The Kier molecular flexibility index (Phi) is 5.95. The zero-order chi connectivity index (χ0) is 15.9. The van der Waals surface area contributed by atoms with E-state index in [2.05, 4.69) is 28.2 Å². The van der Waals surface area contributed by atoms with Gasteiger partial charge in [0.15, 0.2) is 11.5 Å². The standard InChI is InChI=1S/C17H20BrNO3/c1-3-8-22-17-12(9-13(18)10-16(17)21-2)11-19-14-4-6-15(20)7-5-14/h4-7,9-10,19-20H,3,8,11H2,1-2H3. The molecular formula is C17H20BrNO3. The van der Waals surface area contributed by atoms with Crippen LogP contribution in [-0.4, -0.2) is 18.8 Å². The van der Waals surface area contributed by atoms with Gasteiger partial charge < -0.3 is 19.9 Å². The number of rotatable bonds is 7. The number of hydrogen-bond acceptors (Lipinski definition) is 4. The molecule has 0 saturated carbocycles. The smallest absolute Gasteiger partial charge is 0.166 e. The van der Waals surface area contributed by atoms with Crippen molar-refractivity contribution in [2.24, 2.45) is 0 Å². The van der Waals surface area contributed by atoms with Gasteiger partial charge >= 0.3 is 0 Å². The molecule has 0 aliphatic heterocycles. The van der Waals surface area contributed by atoms with Gasteiger partial charge in [-0.3, -0.25) is 0 Å². The fourth-order valence-corrected chi connectivity index (χ4v) is 2.53. The number of nitrogens with one attached hydrogen (secondary N) is 1. The minimum Gasteiger partial charge on any atom is -0.508 e. The van der Waals surface area contributed by atoms with Crippen LogP contribution in [0, 0.1) is 0 Å². The summed E-state index contributed by atoms with van der Waals surface area (Å²) in [5, 5.41) is 12.6. The third kappa shape index (κ3) is 4.31. The van der Waals surface area contributed by atoms with Gasteiger partial charge in [0.05, 0.1) is 13.7 Å². The lowest BCUT2D eigenvalue weighted by molar-refractivity contribution is 0.291. The molecule has 0 spiro atoms. The van der Waals surface area contributed by atoms with Gasteiger partial charge in [-0.2, -0.15) is 0 Å². The average Bonchev–Trinajstić information content (AvgIpc) is 2.52. The molecule has 2 aromatic rings. The maximum Gasteiger partial charge on any atom is 0.166 e.